The van der Waals surface area contributed by atoms with E-state index in [1.807, 2.05) is 77.1 Å². The molecule has 314 valence electrons. The smallest absolute Gasteiger partial charge is 0.414 e. The van der Waals surface area contributed by atoms with Gasteiger partial charge in [-0.25, -0.2) is 9.59 Å². The lowest BCUT2D eigenvalue weighted by atomic mass is 9.99. The van der Waals surface area contributed by atoms with Crippen LogP contribution in [0.3, 0.4) is 0 Å². The highest BCUT2D eigenvalue weighted by Gasteiger charge is 2.45. The van der Waals surface area contributed by atoms with Crippen molar-refractivity contribution in [3.05, 3.63) is 71.3 Å². The molecule has 13 heteroatoms. The molecule has 0 aliphatic carbocycles. The Morgan fingerprint density at radius 2 is 1.67 bits per heavy atom. The second kappa shape index (κ2) is 17.5. The number of fused-ring (bicyclic) bond motifs is 1. The average Bonchev–Trinajstić information content (AvgIpc) is 3.61. The molecular formula is C44H61NO12. The normalized spacial score (nSPS) is 24.1. The number of benzene rings is 2. The number of carbonyl (C=O) groups is 2. The van der Waals surface area contributed by atoms with Gasteiger partial charge >= 0.3 is 12.1 Å². The van der Waals surface area contributed by atoms with Crippen molar-refractivity contribution in [3.8, 4) is 11.5 Å². The molecule has 2 aromatic rings. The highest BCUT2D eigenvalue weighted by Crippen LogP contribution is 2.40. The van der Waals surface area contributed by atoms with Crippen LogP contribution in [0.15, 0.2) is 54.6 Å². The zero-order valence-corrected chi connectivity index (χ0v) is 35.5. The maximum atomic E-state index is 13.8. The van der Waals surface area contributed by atoms with Gasteiger partial charge in [0.25, 0.3) is 0 Å². The summed E-state index contributed by atoms with van der Waals surface area (Å²) in [4.78, 5) is 28.9. The highest BCUT2D eigenvalue weighted by molar-refractivity contribution is 6.00. The summed E-state index contributed by atoms with van der Waals surface area (Å²) in [5.74, 6) is -2.67. The summed E-state index contributed by atoms with van der Waals surface area (Å²) >= 11 is 0. The number of ether oxygens (including phenoxy) is 9. The number of esters is 1. The van der Waals surface area contributed by atoms with E-state index in [9.17, 15) is 14.7 Å². The summed E-state index contributed by atoms with van der Waals surface area (Å²) in [5.41, 5.74) is 1.29. The van der Waals surface area contributed by atoms with Crippen LogP contribution in [0.4, 0.5) is 10.5 Å². The lowest BCUT2D eigenvalue weighted by Gasteiger charge is -2.34. The Bertz CT molecular complexity index is 1770. The zero-order chi connectivity index (χ0) is 41.9. The van der Waals surface area contributed by atoms with Gasteiger partial charge in [-0.15, -0.1) is 0 Å². The van der Waals surface area contributed by atoms with E-state index >= 15 is 0 Å². The molecule has 0 radical (unpaired) electrons. The van der Waals surface area contributed by atoms with Crippen molar-refractivity contribution in [1.82, 2.24) is 0 Å². The molecule has 2 fully saturated rings. The molecule has 0 bridgehead atoms. The molecule has 0 aromatic heterocycles. The van der Waals surface area contributed by atoms with E-state index in [0.29, 0.717) is 24.3 Å². The zero-order valence-electron chi connectivity index (χ0n) is 35.5. The van der Waals surface area contributed by atoms with Crippen LogP contribution in [0.25, 0.3) is 6.08 Å². The summed E-state index contributed by atoms with van der Waals surface area (Å²) in [6.45, 7) is 20.4. The molecule has 6 atom stereocenters. The van der Waals surface area contributed by atoms with Gasteiger partial charge in [0.2, 0.25) is 5.79 Å². The van der Waals surface area contributed by atoms with Crippen molar-refractivity contribution in [2.24, 2.45) is 5.92 Å². The van der Waals surface area contributed by atoms with E-state index in [0.717, 1.165) is 11.3 Å². The van der Waals surface area contributed by atoms with E-state index in [1.54, 1.807) is 66.9 Å². The standard InChI is InChI=1S/C44H61NO12/c1-27(28(2)46)16-21-34(50-25-29-17-19-32(49-12)20-18-29)38-35(53-43(8,9)55-38)15-13-14-30-22-31(23-36-37(30)39(47)56-44(10,11)54-36)45(40(48)57-41(3,4)5)24-33-26-51-42(6,7)52-33/h13-14,16-23,27-28,33-35,38,46H,15,24-26H2,1-12H3/b14-13+,21-16-/t27-,28+,33?,34+,35+,38-/m1/s1. The number of anilines is 1. The first-order valence-electron chi connectivity index (χ1n) is 19.6. The van der Waals surface area contributed by atoms with E-state index in [1.165, 1.54) is 4.90 Å². The largest absolute Gasteiger partial charge is 0.497 e. The van der Waals surface area contributed by atoms with Crippen LogP contribution in [-0.4, -0.2) is 90.9 Å². The lowest BCUT2D eigenvalue weighted by molar-refractivity contribution is -0.156. The van der Waals surface area contributed by atoms with Gasteiger partial charge < -0.3 is 47.7 Å². The third-order valence-electron chi connectivity index (χ3n) is 9.57. The molecule has 0 spiro atoms. The molecule has 13 nitrogen and oxygen atoms in total. The number of carbonyl (C=O) groups excluding carboxylic acids is 2. The molecule has 2 aromatic carbocycles. The van der Waals surface area contributed by atoms with Crippen molar-refractivity contribution in [1.29, 1.82) is 0 Å². The van der Waals surface area contributed by atoms with Crippen molar-refractivity contribution >= 4 is 23.8 Å². The predicted molar refractivity (Wildman–Crippen MR) is 214 cm³/mol. The summed E-state index contributed by atoms with van der Waals surface area (Å²) < 4.78 is 54.3. The molecule has 0 saturated carbocycles. The Morgan fingerprint density at radius 3 is 2.28 bits per heavy atom. The summed E-state index contributed by atoms with van der Waals surface area (Å²) in [6, 6.07) is 11.0. The maximum Gasteiger partial charge on any atom is 0.414 e. The van der Waals surface area contributed by atoms with Gasteiger partial charge in [-0.1, -0.05) is 43.4 Å². The molecule has 2 saturated heterocycles. The van der Waals surface area contributed by atoms with Crippen LogP contribution >= 0.6 is 0 Å². The van der Waals surface area contributed by atoms with Gasteiger partial charge in [0.15, 0.2) is 11.6 Å². The topological polar surface area (TPSA) is 141 Å². The number of aliphatic hydroxyl groups is 1. The maximum absolute atomic E-state index is 13.8. The molecule has 5 rings (SSSR count). The second-order valence-electron chi connectivity index (χ2n) is 17.2. The monoisotopic (exact) mass is 795 g/mol. The number of methoxy groups -OCH3 is 1. The van der Waals surface area contributed by atoms with E-state index in [-0.39, 0.29) is 30.4 Å². The van der Waals surface area contributed by atoms with Gasteiger partial charge in [0, 0.05) is 19.9 Å². The first kappa shape index (κ1) is 44.1. The van der Waals surface area contributed by atoms with Crippen LogP contribution in [0, 0.1) is 5.92 Å². The Labute approximate surface area is 337 Å². The summed E-state index contributed by atoms with van der Waals surface area (Å²) in [7, 11) is 1.62. The number of hydrogen-bond donors (Lipinski definition) is 1. The number of amides is 1. The second-order valence-corrected chi connectivity index (χ2v) is 17.2. The lowest BCUT2D eigenvalue weighted by Crippen LogP contribution is -2.43. The molecular weight excluding hydrogens is 734 g/mol. The van der Waals surface area contributed by atoms with E-state index in [4.69, 9.17) is 42.6 Å². The third-order valence-corrected chi connectivity index (χ3v) is 9.57. The summed E-state index contributed by atoms with van der Waals surface area (Å²) in [5, 5.41) is 10.2. The molecule has 3 aliphatic heterocycles. The van der Waals surface area contributed by atoms with Crippen LogP contribution in [0.1, 0.15) is 104 Å². The number of aliphatic hydroxyl groups excluding tert-OH is 1. The van der Waals surface area contributed by atoms with Crippen LogP contribution in [0.2, 0.25) is 0 Å². The van der Waals surface area contributed by atoms with Gasteiger partial charge in [-0.2, -0.15) is 0 Å². The first-order valence-corrected chi connectivity index (χ1v) is 19.6. The molecule has 57 heavy (non-hydrogen) atoms. The third kappa shape index (κ3) is 12.0. The van der Waals surface area contributed by atoms with E-state index < -0.39 is 65.5 Å². The quantitative estimate of drug-likeness (QED) is 0.147. The molecule has 1 N–H and O–H groups in total. The number of hydrogen-bond acceptors (Lipinski definition) is 12. The SMILES string of the molecule is COc1ccc(CO[C@@H](/C=C\[C@@H](C)[C@H](C)O)[C@H]2OC(C)(C)O[C@H]2C/C=C/c2cc(N(CC3COC(C)(C)O3)C(=O)OC(C)(C)C)cc3c2C(=O)OC(C)(C)O3)cc1. The van der Waals surface area contributed by atoms with Gasteiger partial charge in [-0.05, 0) is 97.1 Å². The fraction of sp³-hybridized carbons (Fsp3) is 0.591. The average molecular weight is 796 g/mol. The fourth-order valence-electron chi connectivity index (χ4n) is 6.70. The number of rotatable bonds is 14. The van der Waals surface area contributed by atoms with Crippen molar-refractivity contribution in [2.75, 3.05) is 25.2 Å². The van der Waals surface area contributed by atoms with Gasteiger partial charge in [0.05, 0.1) is 44.8 Å². The molecule has 1 amide bonds. The van der Waals surface area contributed by atoms with Crippen molar-refractivity contribution in [2.45, 2.75) is 143 Å². The Morgan fingerprint density at radius 1 is 0.965 bits per heavy atom. The van der Waals surface area contributed by atoms with Crippen molar-refractivity contribution < 1.29 is 57.3 Å². The Kier molecular flexibility index (Phi) is 13.5. The molecule has 3 heterocycles. The first-order chi connectivity index (χ1) is 26.5. The minimum Gasteiger partial charge on any atom is -0.497 e. The van der Waals surface area contributed by atoms with Crippen LogP contribution < -0.4 is 14.4 Å². The molecule has 3 aliphatic rings. The van der Waals surface area contributed by atoms with Crippen LogP contribution in [0.5, 0.6) is 11.5 Å². The molecule has 1 unspecified atom stereocenters. The highest BCUT2D eigenvalue weighted by atomic mass is 16.8. The number of nitrogens with zero attached hydrogens (tertiary/aromatic N) is 1. The minimum atomic E-state index is -1.25. The summed E-state index contributed by atoms with van der Waals surface area (Å²) in [6.07, 6.45) is 4.78. The number of cyclic esters (lactones) is 1. The Hall–Kier alpha value is -3.98. The van der Waals surface area contributed by atoms with Gasteiger partial charge in [0.1, 0.15) is 41.0 Å². The van der Waals surface area contributed by atoms with Crippen molar-refractivity contribution in [3.63, 3.8) is 0 Å². The fourth-order valence-corrected chi connectivity index (χ4v) is 6.70. The minimum absolute atomic E-state index is 0.122. The van der Waals surface area contributed by atoms with Gasteiger partial charge in [-0.3, -0.25) is 4.90 Å². The van der Waals surface area contributed by atoms with Crippen LogP contribution in [-0.2, 0) is 39.8 Å². The Balaban J connectivity index is 1.47. The van der Waals surface area contributed by atoms with E-state index in [2.05, 4.69) is 0 Å². The predicted octanol–water partition coefficient (Wildman–Crippen LogP) is 7.96.